The number of nitrogens with two attached hydrogens (primary N) is 1. The summed E-state index contributed by atoms with van der Waals surface area (Å²) in [6.07, 6.45) is -0.348. The van der Waals surface area contributed by atoms with E-state index in [1.807, 2.05) is 0 Å². The van der Waals surface area contributed by atoms with Crippen LogP contribution in [0.4, 0.5) is 5.82 Å². The maximum atomic E-state index is 7.71. The molecule has 0 saturated heterocycles. The number of pyridine rings is 1. The average Bonchev–Trinajstić information content (AvgIpc) is 2.59. The summed E-state index contributed by atoms with van der Waals surface area (Å²) in [7, 11) is 0. The van der Waals surface area contributed by atoms with Gasteiger partial charge in [-0.3, -0.25) is 0 Å². The average molecular weight is 244 g/mol. The van der Waals surface area contributed by atoms with Crippen LogP contribution in [0.3, 0.4) is 0 Å². The molecule has 0 saturated carbocycles. The first kappa shape index (κ1) is 4.23. The largest absolute Gasteiger partial charge is 0.384 e. The molecule has 0 aliphatic carbocycles. The lowest BCUT2D eigenvalue weighted by molar-refractivity contribution is 0.849. The lowest BCUT2D eigenvalue weighted by Crippen LogP contribution is -1.99. The van der Waals surface area contributed by atoms with Crippen LogP contribution in [-0.4, -0.2) is 14.8 Å². The van der Waals surface area contributed by atoms with Crippen molar-refractivity contribution in [3.05, 3.63) is 34.9 Å². The minimum absolute atomic E-state index is 0.141. The van der Waals surface area contributed by atoms with Gasteiger partial charge in [-0.2, -0.15) is 5.10 Å². The van der Waals surface area contributed by atoms with Gasteiger partial charge in [0.05, 0.1) is 17.5 Å². The summed E-state index contributed by atoms with van der Waals surface area (Å²) in [5.41, 5.74) is 5.46. The number of nitrogens with zero attached hydrogens (tertiary/aromatic N) is 3. The fourth-order valence-corrected chi connectivity index (χ4v) is 1.01. The van der Waals surface area contributed by atoms with Gasteiger partial charge in [0.15, 0.2) is 5.82 Å². The maximum Gasteiger partial charge on any atom is 0.155 e. The first-order valence-corrected chi connectivity index (χ1v) is 4.09. The summed E-state index contributed by atoms with van der Waals surface area (Å²) in [5, 5.41) is 3.72. The summed E-state index contributed by atoms with van der Waals surface area (Å²) < 4.78 is 38.9. The molecular weight excluding hydrogens is 232 g/mol. The lowest BCUT2D eigenvalue weighted by Gasteiger charge is -1.99. The van der Waals surface area contributed by atoms with Crippen molar-refractivity contribution in [3.8, 4) is 5.82 Å². The molecule has 0 fully saturated rings. The Morgan fingerprint density at radius 1 is 1.54 bits per heavy atom. The molecule has 0 spiro atoms. The monoisotopic (exact) mass is 243 g/mol. The third-order valence-corrected chi connectivity index (χ3v) is 1.60. The van der Waals surface area contributed by atoms with Crippen LogP contribution in [0.5, 0.6) is 0 Å². The molecule has 4 nitrogen and oxygen atoms in total. The number of anilines is 1. The van der Waals surface area contributed by atoms with E-state index in [0.29, 0.717) is 0 Å². The third-order valence-electron chi connectivity index (χ3n) is 1.24. The quantitative estimate of drug-likeness (QED) is 0.829. The molecule has 2 N–H and O–H groups in total. The van der Waals surface area contributed by atoms with Crippen molar-refractivity contribution in [3.63, 3.8) is 0 Å². The van der Waals surface area contributed by atoms with Gasteiger partial charge in [0.2, 0.25) is 0 Å². The molecule has 5 heteroatoms. The second-order valence-corrected chi connectivity index (χ2v) is 2.94. The van der Waals surface area contributed by atoms with Crippen LogP contribution in [0, 0.1) is 0 Å². The van der Waals surface area contributed by atoms with Crippen molar-refractivity contribution in [2.24, 2.45) is 0 Å². The van der Waals surface area contributed by atoms with Crippen molar-refractivity contribution < 1.29 is 6.85 Å². The van der Waals surface area contributed by atoms with E-state index < -0.39 is 6.04 Å². The molecule has 0 radical (unpaired) electrons. The van der Waals surface area contributed by atoms with Crippen LogP contribution >= 0.6 is 15.9 Å². The van der Waals surface area contributed by atoms with Gasteiger partial charge in [-0.05, 0) is 28.0 Å². The summed E-state index contributed by atoms with van der Waals surface area (Å²) in [6.45, 7) is 0. The van der Waals surface area contributed by atoms with Crippen molar-refractivity contribution in [2.75, 3.05) is 5.73 Å². The summed E-state index contributed by atoms with van der Waals surface area (Å²) >= 11 is 3.01. The smallest absolute Gasteiger partial charge is 0.155 e. The normalized spacial score (nSPS) is 15.6. The molecule has 0 aliphatic rings. The van der Waals surface area contributed by atoms with Crippen LogP contribution in [0.25, 0.3) is 5.82 Å². The Labute approximate surface area is 90.5 Å². The second kappa shape index (κ2) is 3.18. The van der Waals surface area contributed by atoms with Crippen LogP contribution in [0.1, 0.15) is 6.85 Å². The van der Waals surface area contributed by atoms with E-state index in [0.717, 1.165) is 4.68 Å². The molecule has 0 unspecified atom stereocenters. The predicted molar refractivity (Wildman–Crippen MR) is 53.5 cm³/mol. The SMILES string of the molecule is [2H]c1nn(-c2nc(N)c([2H])c([2H])c2[2H])c([2H])c1Br. The molecular formula is C8H7BrN4. The Hall–Kier alpha value is -1.36. The number of hydrogen-bond acceptors (Lipinski definition) is 3. The Morgan fingerprint density at radius 3 is 3.08 bits per heavy atom. The number of rotatable bonds is 1. The molecule has 0 bridgehead atoms. The lowest BCUT2D eigenvalue weighted by atomic mass is 10.4. The van der Waals surface area contributed by atoms with Crippen LogP contribution < -0.4 is 5.73 Å². The van der Waals surface area contributed by atoms with Crippen molar-refractivity contribution in [2.45, 2.75) is 0 Å². The molecule has 2 heterocycles. The zero-order chi connectivity index (χ0) is 13.6. The molecule has 0 aliphatic heterocycles. The van der Waals surface area contributed by atoms with Gasteiger partial charge in [-0.25, -0.2) is 9.67 Å². The molecule has 13 heavy (non-hydrogen) atoms. The van der Waals surface area contributed by atoms with Crippen LogP contribution in [-0.2, 0) is 0 Å². The second-order valence-electron chi connectivity index (χ2n) is 2.15. The summed E-state index contributed by atoms with van der Waals surface area (Å²) in [6, 6.07) is -1.10. The Morgan fingerprint density at radius 2 is 2.38 bits per heavy atom. The van der Waals surface area contributed by atoms with Gasteiger partial charge < -0.3 is 5.73 Å². The molecule has 0 atom stereocenters. The fraction of sp³-hybridized carbons (Fsp3) is 0. The first-order valence-electron chi connectivity index (χ1n) is 5.80. The van der Waals surface area contributed by atoms with Gasteiger partial charge in [0.25, 0.3) is 0 Å². The van der Waals surface area contributed by atoms with E-state index in [2.05, 4.69) is 26.0 Å². The summed E-state index contributed by atoms with van der Waals surface area (Å²) in [5.74, 6) is -0.360. The first-order chi connectivity index (χ1) is 8.34. The van der Waals surface area contributed by atoms with Gasteiger partial charge in [0.1, 0.15) is 5.82 Å². The van der Waals surface area contributed by atoms with Crippen molar-refractivity contribution in [1.82, 2.24) is 14.8 Å². The van der Waals surface area contributed by atoms with Gasteiger partial charge >= 0.3 is 0 Å². The highest BCUT2D eigenvalue weighted by molar-refractivity contribution is 9.10. The molecule has 2 aromatic heterocycles. The van der Waals surface area contributed by atoms with Gasteiger partial charge in [-0.15, -0.1) is 0 Å². The number of aromatic nitrogens is 3. The summed E-state index contributed by atoms with van der Waals surface area (Å²) in [4.78, 5) is 3.78. The molecule has 2 rings (SSSR count). The van der Waals surface area contributed by atoms with Crippen LogP contribution in [0.2, 0.25) is 0 Å². The Bertz CT molecular complexity index is 641. The predicted octanol–water partition coefficient (Wildman–Crippen LogP) is 1.61. The van der Waals surface area contributed by atoms with E-state index >= 15 is 0 Å². The highest BCUT2D eigenvalue weighted by Gasteiger charge is 1.99. The van der Waals surface area contributed by atoms with Crippen LogP contribution in [0.15, 0.2) is 34.9 Å². The Balaban J connectivity index is 2.76. The standard InChI is InChI=1S/C8H7BrN4/c9-6-4-11-13(5-6)8-3-1-2-7(10)12-8/h1-5H,(H2,10,12)/i1D,2D,3D,4D,5D. The zero-order valence-corrected chi connectivity index (χ0v) is 7.88. The number of nitrogen functional groups attached to an aromatic ring is 1. The zero-order valence-electron chi connectivity index (χ0n) is 11.3. The van der Waals surface area contributed by atoms with E-state index in [-0.39, 0.29) is 40.5 Å². The highest BCUT2D eigenvalue weighted by atomic mass is 79.9. The minimum atomic E-state index is -0.393. The molecule has 66 valence electrons. The molecule has 0 amide bonds. The fourth-order valence-electron chi connectivity index (χ4n) is 0.759. The van der Waals surface area contributed by atoms with E-state index in [1.165, 1.54) is 0 Å². The van der Waals surface area contributed by atoms with Gasteiger partial charge in [0, 0.05) is 6.17 Å². The highest BCUT2D eigenvalue weighted by Crippen LogP contribution is 2.11. The molecule has 0 aromatic carbocycles. The minimum Gasteiger partial charge on any atom is -0.384 e. The molecule has 2 aromatic rings. The van der Waals surface area contributed by atoms with E-state index in [1.54, 1.807) is 0 Å². The Kier molecular flexibility index (Phi) is 1.04. The number of halogens is 1. The van der Waals surface area contributed by atoms with E-state index in [4.69, 9.17) is 12.6 Å². The number of hydrogen-bond donors (Lipinski definition) is 1. The van der Waals surface area contributed by atoms with E-state index in [9.17, 15) is 0 Å². The van der Waals surface area contributed by atoms with Crippen molar-refractivity contribution >= 4 is 21.7 Å². The van der Waals surface area contributed by atoms with Crippen molar-refractivity contribution in [1.29, 1.82) is 0 Å². The third kappa shape index (κ3) is 1.70. The topological polar surface area (TPSA) is 56.7 Å². The maximum absolute atomic E-state index is 7.71. The van der Waals surface area contributed by atoms with Gasteiger partial charge in [-0.1, -0.05) is 6.04 Å².